The fourth-order valence-electron chi connectivity index (χ4n) is 1.74. The number of aryl methyl sites for hydroxylation is 1. The molecule has 0 fully saturated rings. The molecule has 0 unspecified atom stereocenters. The van der Waals surface area contributed by atoms with E-state index < -0.39 is 0 Å². The van der Waals surface area contributed by atoms with Crippen molar-refractivity contribution >= 4 is 0 Å². The summed E-state index contributed by atoms with van der Waals surface area (Å²) in [6.07, 6.45) is 2.26. The van der Waals surface area contributed by atoms with Crippen molar-refractivity contribution in [3.8, 4) is 11.5 Å². The van der Waals surface area contributed by atoms with Crippen LogP contribution in [0, 0.1) is 12.7 Å². The van der Waals surface area contributed by atoms with Crippen molar-refractivity contribution in [2.24, 2.45) is 0 Å². The second-order valence-corrected chi connectivity index (χ2v) is 4.36. The molecular formula is C14H17FN4. The molecule has 0 saturated carbocycles. The molecule has 0 saturated heterocycles. The Labute approximate surface area is 112 Å². The number of nitrogens with one attached hydrogen (secondary N) is 1. The Hall–Kier alpha value is -1.88. The van der Waals surface area contributed by atoms with Crippen molar-refractivity contribution in [2.75, 3.05) is 6.54 Å². The monoisotopic (exact) mass is 260 g/mol. The van der Waals surface area contributed by atoms with Gasteiger partial charge in [0.05, 0.1) is 11.9 Å². The van der Waals surface area contributed by atoms with E-state index in [2.05, 4.69) is 27.2 Å². The van der Waals surface area contributed by atoms with E-state index in [9.17, 15) is 4.39 Å². The fourth-order valence-corrected chi connectivity index (χ4v) is 1.74. The highest BCUT2D eigenvalue weighted by Gasteiger charge is 2.06. The molecule has 0 aliphatic heterocycles. The largest absolute Gasteiger partial charge is 0.311 e. The zero-order chi connectivity index (χ0) is 13.7. The maximum absolute atomic E-state index is 12.9. The van der Waals surface area contributed by atoms with Crippen LogP contribution >= 0.6 is 0 Å². The quantitative estimate of drug-likeness (QED) is 0.839. The van der Waals surface area contributed by atoms with Gasteiger partial charge < -0.3 is 5.32 Å². The summed E-state index contributed by atoms with van der Waals surface area (Å²) in [5.41, 5.74) is 2.38. The molecule has 2 aromatic heterocycles. The Morgan fingerprint density at radius 3 is 2.79 bits per heavy atom. The lowest BCUT2D eigenvalue weighted by Crippen LogP contribution is -2.15. The molecule has 0 atom stereocenters. The van der Waals surface area contributed by atoms with Crippen LogP contribution in [0.15, 0.2) is 24.4 Å². The molecule has 0 spiro atoms. The van der Waals surface area contributed by atoms with Crippen molar-refractivity contribution in [1.29, 1.82) is 0 Å². The van der Waals surface area contributed by atoms with Gasteiger partial charge in [0.2, 0.25) is 0 Å². The van der Waals surface area contributed by atoms with Crippen molar-refractivity contribution in [2.45, 2.75) is 26.8 Å². The molecule has 0 aliphatic carbocycles. The van der Waals surface area contributed by atoms with Gasteiger partial charge in [-0.2, -0.15) is 0 Å². The first kappa shape index (κ1) is 13.5. The van der Waals surface area contributed by atoms with E-state index in [0.717, 1.165) is 24.4 Å². The van der Waals surface area contributed by atoms with Gasteiger partial charge in [-0.05, 0) is 38.1 Å². The summed E-state index contributed by atoms with van der Waals surface area (Å²) in [6.45, 7) is 5.68. The van der Waals surface area contributed by atoms with Crippen molar-refractivity contribution in [1.82, 2.24) is 20.3 Å². The molecule has 2 rings (SSSR count). The van der Waals surface area contributed by atoms with Crippen molar-refractivity contribution < 1.29 is 4.39 Å². The second kappa shape index (κ2) is 6.33. The molecule has 0 bridgehead atoms. The van der Waals surface area contributed by atoms with Crippen LogP contribution in [0.25, 0.3) is 11.5 Å². The van der Waals surface area contributed by atoms with Crippen LogP contribution in [0.5, 0.6) is 0 Å². The molecule has 0 aliphatic rings. The van der Waals surface area contributed by atoms with Gasteiger partial charge in [-0.25, -0.2) is 19.3 Å². The van der Waals surface area contributed by atoms with Gasteiger partial charge in [-0.1, -0.05) is 6.92 Å². The summed E-state index contributed by atoms with van der Waals surface area (Å²) >= 11 is 0. The molecule has 0 aromatic carbocycles. The standard InChI is InChI=1S/C14H17FN4/c1-3-6-16-9-12-7-10(2)18-14(19-12)13-5-4-11(15)8-17-13/h4-5,7-8,16H,3,6,9H2,1-2H3. The van der Waals surface area contributed by atoms with Gasteiger partial charge in [0, 0.05) is 12.2 Å². The van der Waals surface area contributed by atoms with Crippen LogP contribution in [0.4, 0.5) is 4.39 Å². The molecule has 1 N–H and O–H groups in total. The maximum Gasteiger partial charge on any atom is 0.178 e. The van der Waals surface area contributed by atoms with Crippen LogP contribution in [-0.2, 0) is 6.54 Å². The van der Waals surface area contributed by atoms with E-state index in [-0.39, 0.29) is 5.82 Å². The van der Waals surface area contributed by atoms with Crippen LogP contribution in [0.3, 0.4) is 0 Å². The number of nitrogens with zero attached hydrogens (tertiary/aromatic N) is 3. The number of aromatic nitrogens is 3. The Morgan fingerprint density at radius 1 is 1.26 bits per heavy atom. The molecule has 2 aromatic rings. The number of halogens is 1. The minimum absolute atomic E-state index is 0.360. The smallest absolute Gasteiger partial charge is 0.178 e. The highest BCUT2D eigenvalue weighted by molar-refractivity contribution is 5.48. The summed E-state index contributed by atoms with van der Waals surface area (Å²) in [5.74, 6) is 0.175. The highest BCUT2D eigenvalue weighted by Crippen LogP contribution is 2.13. The number of hydrogen-bond acceptors (Lipinski definition) is 4. The Bertz CT molecular complexity index is 540. The lowest BCUT2D eigenvalue weighted by Gasteiger charge is -2.06. The first-order valence-corrected chi connectivity index (χ1v) is 6.36. The topological polar surface area (TPSA) is 50.7 Å². The summed E-state index contributed by atoms with van der Waals surface area (Å²) in [7, 11) is 0. The van der Waals surface area contributed by atoms with E-state index in [4.69, 9.17) is 0 Å². The summed E-state index contributed by atoms with van der Waals surface area (Å²) in [6, 6.07) is 4.89. The lowest BCUT2D eigenvalue weighted by atomic mass is 10.3. The van der Waals surface area contributed by atoms with Gasteiger partial charge in [0.25, 0.3) is 0 Å². The molecule has 19 heavy (non-hydrogen) atoms. The van der Waals surface area contributed by atoms with E-state index in [1.54, 1.807) is 6.07 Å². The van der Waals surface area contributed by atoms with Gasteiger partial charge in [-0.3, -0.25) is 0 Å². The summed E-state index contributed by atoms with van der Waals surface area (Å²) in [5, 5.41) is 3.30. The fraction of sp³-hybridized carbons (Fsp3) is 0.357. The highest BCUT2D eigenvalue weighted by atomic mass is 19.1. The first-order chi connectivity index (χ1) is 9.19. The molecule has 0 radical (unpaired) electrons. The third kappa shape index (κ3) is 3.79. The number of rotatable bonds is 5. The van der Waals surface area contributed by atoms with Crippen LogP contribution in [-0.4, -0.2) is 21.5 Å². The Kier molecular flexibility index (Phi) is 4.52. The lowest BCUT2D eigenvalue weighted by molar-refractivity contribution is 0.621. The minimum Gasteiger partial charge on any atom is -0.311 e. The zero-order valence-electron chi connectivity index (χ0n) is 11.2. The third-order valence-corrected chi connectivity index (χ3v) is 2.60. The van der Waals surface area contributed by atoms with Gasteiger partial charge in [0.1, 0.15) is 11.5 Å². The molecular weight excluding hydrogens is 243 g/mol. The third-order valence-electron chi connectivity index (χ3n) is 2.60. The van der Waals surface area contributed by atoms with Crippen molar-refractivity contribution in [3.05, 3.63) is 41.6 Å². The van der Waals surface area contributed by atoms with Crippen LogP contribution < -0.4 is 5.32 Å². The van der Waals surface area contributed by atoms with Gasteiger partial charge >= 0.3 is 0 Å². The van der Waals surface area contributed by atoms with E-state index in [1.807, 2.05) is 13.0 Å². The van der Waals surface area contributed by atoms with E-state index in [0.29, 0.717) is 18.1 Å². The second-order valence-electron chi connectivity index (χ2n) is 4.36. The minimum atomic E-state index is -0.360. The predicted octanol–water partition coefficient (Wildman–Crippen LogP) is 2.49. The maximum atomic E-state index is 12.9. The van der Waals surface area contributed by atoms with Crippen LogP contribution in [0.2, 0.25) is 0 Å². The van der Waals surface area contributed by atoms with Crippen molar-refractivity contribution in [3.63, 3.8) is 0 Å². The molecule has 0 amide bonds. The molecule has 2 heterocycles. The molecule has 4 nitrogen and oxygen atoms in total. The summed E-state index contributed by atoms with van der Waals surface area (Å²) in [4.78, 5) is 12.8. The predicted molar refractivity (Wildman–Crippen MR) is 72.0 cm³/mol. The Balaban J connectivity index is 2.23. The van der Waals surface area contributed by atoms with E-state index >= 15 is 0 Å². The van der Waals surface area contributed by atoms with Gasteiger partial charge in [0.15, 0.2) is 5.82 Å². The SMILES string of the molecule is CCCNCc1cc(C)nc(-c2ccc(F)cn2)n1. The molecule has 100 valence electrons. The van der Waals surface area contributed by atoms with E-state index in [1.165, 1.54) is 12.3 Å². The number of hydrogen-bond donors (Lipinski definition) is 1. The normalized spacial score (nSPS) is 10.7. The average molecular weight is 260 g/mol. The first-order valence-electron chi connectivity index (χ1n) is 6.36. The summed E-state index contributed by atoms with van der Waals surface area (Å²) < 4.78 is 12.9. The Morgan fingerprint density at radius 2 is 2.11 bits per heavy atom. The zero-order valence-corrected chi connectivity index (χ0v) is 11.2. The van der Waals surface area contributed by atoms with Gasteiger partial charge in [-0.15, -0.1) is 0 Å². The van der Waals surface area contributed by atoms with Crippen LogP contribution in [0.1, 0.15) is 24.7 Å². The molecule has 5 heteroatoms. The average Bonchev–Trinajstić information content (AvgIpc) is 2.39. The number of pyridine rings is 1.